The number of carbonyl (C=O) groups is 2. The van der Waals surface area contributed by atoms with Crippen LogP contribution >= 0.6 is 11.3 Å². The molecule has 6 nitrogen and oxygen atoms in total. The predicted molar refractivity (Wildman–Crippen MR) is 71.0 cm³/mol. The number of likely N-dealkylation sites (tertiary alicyclic amines) is 1. The average molecular weight is 283 g/mol. The molecule has 1 aromatic heterocycles. The standard InChI is InChI=1S/C12H17N3O3S/c1-8-10(19-7-13-8)6-14(2)12(18)15-4-3-9(5-15)11(16)17/h7,9H,3-6H2,1-2H3,(H,16,17). The van der Waals surface area contributed by atoms with Crippen LogP contribution in [-0.2, 0) is 11.3 Å². The van der Waals surface area contributed by atoms with E-state index in [2.05, 4.69) is 4.98 Å². The van der Waals surface area contributed by atoms with Gasteiger partial charge in [0.2, 0.25) is 0 Å². The maximum atomic E-state index is 12.2. The summed E-state index contributed by atoms with van der Waals surface area (Å²) in [6.45, 7) is 3.26. The van der Waals surface area contributed by atoms with Crippen LogP contribution in [0.4, 0.5) is 4.79 Å². The molecular formula is C12H17N3O3S. The summed E-state index contributed by atoms with van der Waals surface area (Å²) in [5.74, 6) is -1.25. The lowest BCUT2D eigenvalue weighted by Crippen LogP contribution is -2.39. The molecule has 1 atom stereocenters. The number of thiazole rings is 1. The van der Waals surface area contributed by atoms with Crippen LogP contribution in [0.15, 0.2) is 5.51 Å². The molecule has 1 aromatic rings. The highest BCUT2D eigenvalue weighted by Gasteiger charge is 2.32. The van der Waals surface area contributed by atoms with Gasteiger partial charge < -0.3 is 14.9 Å². The van der Waals surface area contributed by atoms with Crippen LogP contribution in [0, 0.1) is 12.8 Å². The lowest BCUT2D eigenvalue weighted by Gasteiger charge is -2.24. The summed E-state index contributed by atoms with van der Waals surface area (Å²) in [6.07, 6.45) is 0.536. The summed E-state index contributed by atoms with van der Waals surface area (Å²) < 4.78 is 0. The van der Waals surface area contributed by atoms with E-state index in [0.717, 1.165) is 10.6 Å². The van der Waals surface area contributed by atoms with E-state index in [1.54, 1.807) is 22.4 Å². The second-order valence-electron chi connectivity index (χ2n) is 4.77. The van der Waals surface area contributed by atoms with Crippen molar-refractivity contribution < 1.29 is 14.7 Å². The molecule has 0 aliphatic carbocycles. The summed E-state index contributed by atoms with van der Waals surface area (Å²) in [7, 11) is 1.73. The number of hydrogen-bond donors (Lipinski definition) is 1. The number of aryl methyl sites for hydroxylation is 1. The largest absolute Gasteiger partial charge is 0.481 e. The molecule has 2 amide bonds. The van der Waals surface area contributed by atoms with Gasteiger partial charge in [0.1, 0.15) is 0 Å². The van der Waals surface area contributed by atoms with Gasteiger partial charge in [0.05, 0.1) is 23.7 Å². The highest BCUT2D eigenvalue weighted by atomic mass is 32.1. The quantitative estimate of drug-likeness (QED) is 0.910. The van der Waals surface area contributed by atoms with Gasteiger partial charge in [0.25, 0.3) is 0 Å². The van der Waals surface area contributed by atoms with Crippen LogP contribution in [0.3, 0.4) is 0 Å². The topological polar surface area (TPSA) is 73.7 Å². The van der Waals surface area contributed by atoms with Crippen molar-refractivity contribution in [3.63, 3.8) is 0 Å². The van der Waals surface area contributed by atoms with Gasteiger partial charge in [0.15, 0.2) is 0 Å². The molecule has 1 aliphatic rings. The Balaban J connectivity index is 1.93. The van der Waals surface area contributed by atoms with Crippen molar-refractivity contribution in [2.24, 2.45) is 5.92 Å². The van der Waals surface area contributed by atoms with E-state index in [-0.39, 0.29) is 6.03 Å². The van der Waals surface area contributed by atoms with Crippen molar-refractivity contribution in [1.29, 1.82) is 0 Å². The number of rotatable bonds is 3. The van der Waals surface area contributed by atoms with Gasteiger partial charge in [-0.2, -0.15) is 0 Å². The normalized spacial score (nSPS) is 18.6. The van der Waals surface area contributed by atoms with Crippen molar-refractivity contribution in [2.45, 2.75) is 19.9 Å². The first-order chi connectivity index (χ1) is 8.99. The van der Waals surface area contributed by atoms with Crippen molar-refractivity contribution in [1.82, 2.24) is 14.8 Å². The second kappa shape index (κ2) is 5.56. The van der Waals surface area contributed by atoms with E-state index in [1.165, 1.54) is 11.3 Å². The first-order valence-electron chi connectivity index (χ1n) is 6.11. The van der Waals surface area contributed by atoms with Gasteiger partial charge in [0, 0.05) is 25.0 Å². The fourth-order valence-electron chi connectivity index (χ4n) is 2.14. The van der Waals surface area contributed by atoms with Gasteiger partial charge in [-0.3, -0.25) is 4.79 Å². The van der Waals surface area contributed by atoms with Gasteiger partial charge in [-0.05, 0) is 13.3 Å². The van der Waals surface area contributed by atoms with E-state index >= 15 is 0 Å². The van der Waals surface area contributed by atoms with Gasteiger partial charge >= 0.3 is 12.0 Å². The Bertz CT molecular complexity index is 488. The number of aliphatic carboxylic acids is 1. The average Bonchev–Trinajstić information content (AvgIpc) is 2.98. The zero-order valence-electron chi connectivity index (χ0n) is 11.0. The Morgan fingerprint density at radius 2 is 2.37 bits per heavy atom. The molecule has 1 saturated heterocycles. The minimum atomic E-state index is -0.823. The molecule has 19 heavy (non-hydrogen) atoms. The number of carbonyl (C=O) groups excluding carboxylic acids is 1. The fourth-order valence-corrected chi connectivity index (χ4v) is 2.97. The van der Waals surface area contributed by atoms with Gasteiger partial charge in [-0.15, -0.1) is 11.3 Å². The number of aromatic nitrogens is 1. The van der Waals surface area contributed by atoms with Crippen LogP contribution in [0.5, 0.6) is 0 Å². The predicted octanol–water partition coefficient (Wildman–Crippen LogP) is 1.41. The highest BCUT2D eigenvalue weighted by Crippen LogP contribution is 2.19. The smallest absolute Gasteiger partial charge is 0.320 e. The van der Waals surface area contributed by atoms with Crippen molar-refractivity contribution in [2.75, 3.05) is 20.1 Å². The lowest BCUT2D eigenvalue weighted by molar-refractivity contribution is -0.141. The molecule has 2 rings (SSSR count). The summed E-state index contributed by atoms with van der Waals surface area (Å²) in [4.78, 5) is 31.5. The van der Waals surface area contributed by atoms with Gasteiger partial charge in [-0.25, -0.2) is 9.78 Å². The third kappa shape index (κ3) is 3.04. The number of urea groups is 1. The van der Waals surface area contributed by atoms with Gasteiger partial charge in [-0.1, -0.05) is 0 Å². The van der Waals surface area contributed by atoms with E-state index in [1.807, 2.05) is 6.92 Å². The van der Waals surface area contributed by atoms with Crippen LogP contribution in [0.2, 0.25) is 0 Å². The number of carboxylic acids is 1. The third-order valence-electron chi connectivity index (χ3n) is 3.36. The molecular weight excluding hydrogens is 266 g/mol. The Labute approximate surface area is 115 Å². The third-order valence-corrected chi connectivity index (χ3v) is 4.28. The number of amides is 2. The maximum absolute atomic E-state index is 12.2. The first-order valence-corrected chi connectivity index (χ1v) is 6.98. The summed E-state index contributed by atoms with van der Waals surface area (Å²) >= 11 is 1.53. The fraction of sp³-hybridized carbons (Fsp3) is 0.583. The SMILES string of the molecule is Cc1ncsc1CN(C)C(=O)N1CCC(C(=O)O)C1. The molecule has 7 heteroatoms. The highest BCUT2D eigenvalue weighted by molar-refractivity contribution is 7.09. The minimum absolute atomic E-state index is 0.114. The summed E-state index contributed by atoms with van der Waals surface area (Å²) in [5, 5.41) is 8.94. The molecule has 0 spiro atoms. The van der Waals surface area contributed by atoms with E-state index < -0.39 is 11.9 Å². The monoisotopic (exact) mass is 283 g/mol. The van der Waals surface area contributed by atoms with Crippen LogP contribution in [0.25, 0.3) is 0 Å². The number of hydrogen-bond acceptors (Lipinski definition) is 4. The molecule has 1 N–H and O–H groups in total. The molecule has 104 valence electrons. The molecule has 1 unspecified atom stereocenters. The molecule has 0 saturated carbocycles. The van der Waals surface area contributed by atoms with Crippen molar-refractivity contribution >= 4 is 23.3 Å². The first kappa shape index (κ1) is 13.8. The Morgan fingerprint density at radius 1 is 1.63 bits per heavy atom. The Kier molecular flexibility index (Phi) is 4.04. The maximum Gasteiger partial charge on any atom is 0.320 e. The molecule has 2 heterocycles. The second-order valence-corrected chi connectivity index (χ2v) is 5.71. The Hall–Kier alpha value is -1.63. The van der Waals surface area contributed by atoms with Crippen LogP contribution < -0.4 is 0 Å². The Morgan fingerprint density at radius 3 is 2.89 bits per heavy atom. The molecule has 0 radical (unpaired) electrons. The summed E-state index contributed by atoms with van der Waals surface area (Å²) in [6, 6.07) is -0.114. The zero-order valence-corrected chi connectivity index (χ0v) is 11.8. The molecule has 1 fully saturated rings. The van der Waals surface area contributed by atoms with E-state index in [0.29, 0.717) is 26.1 Å². The molecule has 0 aromatic carbocycles. The van der Waals surface area contributed by atoms with Crippen molar-refractivity contribution in [3.05, 3.63) is 16.1 Å². The minimum Gasteiger partial charge on any atom is -0.481 e. The summed E-state index contributed by atoms with van der Waals surface area (Å²) in [5.41, 5.74) is 2.70. The molecule has 1 aliphatic heterocycles. The van der Waals surface area contributed by atoms with Crippen molar-refractivity contribution in [3.8, 4) is 0 Å². The van der Waals surface area contributed by atoms with Crippen LogP contribution in [-0.4, -0.2) is 52.0 Å². The lowest BCUT2D eigenvalue weighted by atomic mass is 10.1. The number of nitrogens with zero attached hydrogens (tertiary/aromatic N) is 3. The molecule has 0 bridgehead atoms. The van der Waals surface area contributed by atoms with E-state index in [9.17, 15) is 9.59 Å². The zero-order chi connectivity index (χ0) is 14.0. The van der Waals surface area contributed by atoms with Crippen LogP contribution in [0.1, 0.15) is 17.0 Å². The van der Waals surface area contributed by atoms with E-state index in [4.69, 9.17) is 5.11 Å². The number of carboxylic acid groups (broad SMARTS) is 1.